The van der Waals surface area contributed by atoms with E-state index in [9.17, 15) is 0 Å². The first kappa shape index (κ1) is 8.74. The Morgan fingerprint density at radius 3 is 3.21 bits per heavy atom. The van der Waals surface area contributed by atoms with E-state index in [0.717, 1.165) is 11.5 Å². The van der Waals surface area contributed by atoms with Crippen molar-refractivity contribution >= 4 is 18.5 Å². The number of nitrogens with one attached hydrogen (secondary N) is 2. The highest BCUT2D eigenvalue weighted by molar-refractivity contribution is 5.65. The van der Waals surface area contributed by atoms with Crippen LogP contribution >= 0.6 is 0 Å². The number of hydrogen-bond donors (Lipinski definition) is 2. The zero-order chi connectivity index (χ0) is 9.97. The van der Waals surface area contributed by atoms with E-state index in [1.165, 1.54) is 0 Å². The minimum atomic E-state index is -0.142. The standard InChI is InChI=1S/C8H12N6/c1-14(2)5-13-8-6-7(10-3-9-6)11-4-12-8/h3-5,8H,1-2H3,(H,9,10)(H,11,12)/b13-5-. The van der Waals surface area contributed by atoms with E-state index in [-0.39, 0.29) is 6.17 Å². The average Bonchev–Trinajstić information content (AvgIpc) is 2.62. The third kappa shape index (κ3) is 1.59. The number of H-pyrrole nitrogens is 1. The lowest BCUT2D eigenvalue weighted by Crippen LogP contribution is -2.22. The number of nitrogens with zero attached hydrogens (tertiary/aromatic N) is 4. The van der Waals surface area contributed by atoms with Crippen LogP contribution in [0.4, 0.5) is 5.82 Å². The summed E-state index contributed by atoms with van der Waals surface area (Å²) in [6, 6.07) is 0. The van der Waals surface area contributed by atoms with Crippen LogP contribution in [-0.2, 0) is 0 Å². The molecule has 1 aromatic rings. The molecule has 1 aliphatic rings. The zero-order valence-corrected chi connectivity index (χ0v) is 8.10. The molecule has 0 fully saturated rings. The lowest BCUT2D eigenvalue weighted by molar-refractivity contribution is 0.607. The van der Waals surface area contributed by atoms with Gasteiger partial charge < -0.3 is 15.2 Å². The molecule has 2 rings (SSSR count). The predicted octanol–water partition coefficient (Wildman–Crippen LogP) is 0.261. The molecule has 0 spiro atoms. The highest BCUT2D eigenvalue weighted by Gasteiger charge is 2.18. The van der Waals surface area contributed by atoms with E-state index in [2.05, 4.69) is 25.3 Å². The van der Waals surface area contributed by atoms with Crippen molar-refractivity contribution in [2.45, 2.75) is 6.17 Å². The van der Waals surface area contributed by atoms with Crippen molar-refractivity contribution in [3.05, 3.63) is 12.0 Å². The van der Waals surface area contributed by atoms with Crippen LogP contribution < -0.4 is 5.32 Å². The summed E-state index contributed by atoms with van der Waals surface area (Å²) in [5.74, 6) is 0.768. The fourth-order valence-corrected chi connectivity index (χ4v) is 1.17. The van der Waals surface area contributed by atoms with Gasteiger partial charge in [-0.3, -0.25) is 0 Å². The van der Waals surface area contributed by atoms with Crippen LogP contribution in [0.5, 0.6) is 0 Å². The van der Waals surface area contributed by atoms with Crippen molar-refractivity contribution in [2.75, 3.05) is 14.1 Å². The Labute approximate surface area is 81.8 Å². The molecule has 2 heterocycles. The molecule has 14 heavy (non-hydrogen) atoms. The van der Waals surface area contributed by atoms with Crippen molar-refractivity contribution < 1.29 is 0 Å². The summed E-state index contributed by atoms with van der Waals surface area (Å²) < 4.78 is 0. The van der Waals surface area contributed by atoms with E-state index < -0.39 is 0 Å². The largest absolute Gasteiger partial charge is 0.369 e. The fourth-order valence-electron chi connectivity index (χ4n) is 1.17. The first-order valence-corrected chi connectivity index (χ1v) is 4.29. The summed E-state index contributed by atoms with van der Waals surface area (Å²) in [5, 5.41) is 3.02. The van der Waals surface area contributed by atoms with Gasteiger partial charge in [0.15, 0.2) is 12.0 Å². The van der Waals surface area contributed by atoms with Crippen LogP contribution in [0.1, 0.15) is 11.9 Å². The summed E-state index contributed by atoms with van der Waals surface area (Å²) in [6.07, 6.45) is 4.84. The molecule has 0 saturated heterocycles. The third-order valence-corrected chi connectivity index (χ3v) is 1.78. The minimum Gasteiger partial charge on any atom is -0.369 e. The second-order valence-corrected chi connectivity index (χ2v) is 3.19. The number of hydrogen-bond acceptors (Lipinski definition) is 4. The maximum atomic E-state index is 4.31. The Morgan fingerprint density at radius 2 is 2.43 bits per heavy atom. The van der Waals surface area contributed by atoms with Crippen LogP contribution in [0.15, 0.2) is 16.3 Å². The van der Waals surface area contributed by atoms with Crippen molar-refractivity contribution in [3.8, 4) is 0 Å². The van der Waals surface area contributed by atoms with E-state index in [1.807, 2.05) is 19.0 Å². The minimum absolute atomic E-state index is 0.142. The first-order valence-electron chi connectivity index (χ1n) is 4.29. The maximum Gasteiger partial charge on any atom is 0.167 e. The smallest absolute Gasteiger partial charge is 0.167 e. The van der Waals surface area contributed by atoms with Gasteiger partial charge in [-0.1, -0.05) is 0 Å². The molecule has 1 unspecified atom stereocenters. The zero-order valence-electron chi connectivity index (χ0n) is 8.10. The van der Waals surface area contributed by atoms with Crippen LogP contribution in [0, 0.1) is 0 Å². The van der Waals surface area contributed by atoms with Gasteiger partial charge in [0, 0.05) is 14.1 Å². The predicted molar refractivity (Wildman–Crippen MR) is 54.8 cm³/mol. The highest BCUT2D eigenvalue weighted by Crippen LogP contribution is 2.24. The van der Waals surface area contributed by atoms with Crippen LogP contribution in [-0.4, -0.2) is 41.6 Å². The SMILES string of the molecule is CN(C)/C=N\C1NC=Nc2[nH]cnc21. The van der Waals surface area contributed by atoms with E-state index in [1.54, 1.807) is 19.0 Å². The fraction of sp³-hybridized carbons (Fsp3) is 0.375. The molecule has 1 aromatic heterocycles. The van der Waals surface area contributed by atoms with Gasteiger partial charge in [0.05, 0.1) is 19.0 Å². The summed E-state index contributed by atoms with van der Waals surface area (Å²) in [5.41, 5.74) is 0.825. The number of aliphatic imine (C=N–C) groups is 2. The Kier molecular flexibility index (Phi) is 2.18. The second kappa shape index (κ2) is 3.49. The molecule has 6 heteroatoms. The molecule has 0 aromatic carbocycles. The van der Waals surface area contributed by atoms with Gasteiger partial charge in [0.1, 0.15) is 5.69 Å². The highest BCUT2D eigenvalue weighted by atomic mass is 15.2. The van der Waals surface area contributed by atoms with E-state index in [4.69, 9.17) is 0 Å². The normalized spacial score (nSPS) is 19.4. The Balaban J connectivity index is 2.20. The molecule has 0 aliphatic carbocycles. The van der Waals surface area contributed by atoms with Gasteiger partial charge in [0.2, 0.25) is 0 Å². The topological polar surface area (TPSA) is 68.7 Å². The van der Waals surface area contributed by atoms with Crippen molar-refractivity contribution in [2.24, 2.45) is 9.98 Å². The molecular weight excluding hydrogens is 180 g/mol. The molecule has 74 valence electrons. The van der Waals surface area contributed by atoms with Crippen LogP contribution in [0.25, 0.3) is 0 Å². The van der Waals surface area contributed by atoms with Gasteiger partial charge in [-0.2, -0.15) is 0 Å². The second-order valence-electron chi connectivity index (χ2n) is 3.19. The van der Waals surface area contributed by atoms with Gasteiger partial charge in [-0.15, -0.1) is 0 Å². The summed E-state index contributed by atoms with van der Waals surface area (Å²) in [4.78, 5) is 17.4. The Morgan fingerprint density at radius 1 is 1.57 bits per heavy atom. The molecule has 0 bridgehead atoms. The molecule has 6 nitrogen and oxygen atoms in total. The van der Waals surface area contributed by atoms with Gasteiger partial charge in [-0.05, 0) is 0 Å². The molecular formula is C8H12N6. The third-order valence-electron chi connectivity index (χ3n) is 1.78. The van der Waals surface area contributed by atoms with Crippen molar-refractivity contribution in [1.29, 1.82) is 0 Å². The molecule has 0 amide bonds. The lowest BCUT2D eigenvalue weighted by atomic mass is 10.3. The molecule has 0 saturated carbocycles. The monoisotopic (exact) mass is 192 g/mol. The summed E-state index contributed by atoms with van der Waals surface area (Å²) >= 11 is 0. The number of rotatable bonds is 2. The number of fused-ring (bicyclic) bond motifs is 1. The van der Waals surface area contributed by atoms with Crippen LogP contribution in [0.3, 0.4) is 0 Å². The van der Waals surface area contributed by atoms with Crippen LogP contribution in [0.2, 0.25) is 0 Å². The van der Waals surface area contributed by atoms with E-state index >= 15 is 0 Å². The number of imidazole rings is 1. The van der Waals surface area contributed by atoms with Crippen molar-refractivity contribution in [1.82, 2.24) is 20.2 Å². The summed E-state index contributed by atoms with van der Waals surface area (Å²) in [7, 11) is 3.84. The van der Waals surface area contributed by atoms with Gasteiger partial charge in [0.25, 0.3) is 0 Å². The molecule has 2 N–H and O–H groups in total. The number of aromatic nitrogens is 2. The number of aromatic amines is 1. The van der Waals surface area contributed by atoms with E-state index in [0.29, 0.717) is 0 Å². The quantitative estimate of drug-likeness (QED) is 0.521. The molecule has 1 atom stereocenters. The molecule has 1 aliphatic heterocycles. The molecule has 0 radical (unpaired) electrons. The first-order chi connectivity index (χ1) is 6.77. The summed E-state index contributed by atoms with van der Waals surface area (Å²) in [6.45, 7) is 0. The maximum absolute atomic E-state index is 4.31. The Hall–Kier alpha value is -1.85. The van der Waals surface area contributed by atoms with Crippen molar-refractivity contribution in [3.63, 3.8) is 0 Å². The Bertz CT molecular complexity index is 364. The lowest BCUT2D eigenvalue weighted by Gasteiger charge is -2.15. The van der Waals surface area contributed by atoms with Gasteiger partial charge >= 0.3 is 0 Å². The average molecular weight is 192 g/mol. The van der Waals surface area contributed by atoms with Gasteiger partial charge in [-0.25, -0.2) is 15.0 Å².